The van der Waals surface area contributed by atoms with Gasteiger partial charge in [-0.05, 0) is 32.2 Å². The van der Waals surface area contributed by atoms with E-state index in [1.807, 2.05) is 19.2 Å². The van der Waals surface area contributed by atoms with Gasteiger partial charge in [-0.1, -0.05) is 6.07 Å². The number of aryl methyl sites for hydroxylation is 1. The van der Waals surface area contributed by atoms with Crippen molar-refractivity contribution in [2.75, 3.05) is 27.2 Å². The molecular weight excluding hydrogens is 403 g/mol. The number of amides is 1. The standard InChI is InChI=1S/C21H21FN6OS/c1-12-15(22)7-6-14-16(12)26-27-17(14)20-25-18(21(29)28(3)10-9-23-2)19(30-20)13-5-4-8-24-11-13/h4-8,11,23H,9-10H2,1-3H3,(H,26,27). The number of nitrogens with zero attached hydrogens (tertiary/aromatic N) is 4. The van der Waals surface area contributed by atoms with E-state index in [0.717, 1.165) is 15.8 Å². The first-order chi connectivity index (χ1) is 14.5. The van der Waals surface area contributed by atoms with Gasteiger partial charge in [-0.15, -0.1) is 11.3 Å². The van der Waals surface area contributed by atoms with E-state index in [0.29, 0.717) is 40.6 Å². The first kappa shape index (κ1) is 20.1. The Morgan fingerprint density at radius 1 is 1.33 bits per heavy atom. The predicted octanol–water partition coefficient (Wildman–Crippen LogP) is 3.49. The largest absolute Gasteiger partial charge is 0.339 e. The second kappa shape index (κ2) is 8.29. The molecule has 0 spiro atoms. The van der Waals surface area contributed by atoms with E-state index < -0.39 is 0 Å². The van der Waals surface area contributed by atoms with Crippen LogP contribution in [0.25, 0.3) is 32.0 Å². The molecule has 1 amide bonds. The second-order valence-corrected chi connectivity index (χ2v) is 7.93. The maximum absolute atomic E-state index is 13.9. The summed E-state index contributed by atoms with van der Waals surface area (Å²) in [6.45, 7) is 2.93. The number of rotatable bonds is 6. The molecule has 0 bridgehead atoms. The molecule has 0 atom stereocenters. The van der Waals surface area contributed by atoms with E-state index in [2.05, 4.69) is 25.5 Å². The SMILES string of the molecule is CNCCN(C)C(=O)c1nc(-c2n[nH]c3c(C)c(F)ccc23)sc1-c1cccnc1. The minimum atomic E-state index is -0.296. The van der Waals surface area contributed by atoms with Gasteiger partial charge < -0.3 is 10.2 Å². The molecule has 0 saturated heterocycles. The number of hydrogen-bond acceptors (Lipinski definition) is 6. The third kappa shape index (κ3) is 3.57. The molecule has 1 aromatic carbocycles. The highest BCUT2D eigenvalue weighted by molar-refractivity contribution is 7.18. The number of halogens is 1. The van der Waals surface area contributed by atoms with Crippen LogP contribution in [-0.2, 0) is 0 Å². The lowest BCUT2D eigenvalue weighted by Gasteiger charge is -2.16. The van der Waals surface area contributed by atoms with Gasteiger partial charge in [0.2, 0.25) is 0 Å². The minimum absolute atomic E-state index is 0.173. The molecule has 0 aliphatic rings. The van der Waals surface area contributed by atoms with Crippen molar-refractivity contribution in [3.05, 3.63) is 53.7 Å². The molecular formula is C21H21FN6OS. The average Bonchev–Trinajstić information content (AvgIpc) is 3.39. The fourth-order valence-corrected chi connectivity index (χ4v) is 4.23. The zero-order valence-corrected chi connectivity index (χ0v) is 17.7. The topological polar surface area (TPSA) is 86.8 Å². The molecule has 3 heterocycles. The predicted molar refractivity (Wildman–Crippen MR) is 116 cm³/mol. The van der Waals surface area contributed by atoms with Crippen molar-refractivity contribution in [3.63, 3.8) is 0 Å². The van der Waals surface area contributed by atoms with Crippen molar-refractivity contribution in [1.82, 2.24) is 30.4 Å². The summed E-state index contributed by atoms with van der Waals surface area (Å²) in [5.41, 5.74) is 2.89. The Labute approximate surface area is 177 Å². The molecule has 0 radical (unpaired) electrons. The van der Waals surface area contributed by atoms with Gasteiger partial charge in [-0.3, -0.25) is 14.9 Å². The van der Waals surface area contributed by atoms with Crippen molar-refractivity contribution in [3.8, 4) is 21.1 Å². The summed E-state index contributed by atoms with van der Waals surface area (Å²) < 4.78 is 13.9. The van der Waals surface area contributed by atoms with Crippen molar-refractivity contribution < 1.29 is 9.18 Å². The number of benzene rings is 1. The smallest absolute Gasteiger partial charge is 0.273 e. The molecule has 0 saturated carbocycles. The van der Waals surface area contributed by atoms with Gasteiger partial charge >= 0.3 is 0 Å². The zero-order valence-electron chi connectivity index (χ0n) is 16.9. The van der Waals surface area contributed by atoms with E-state index in [4.69, 9.17) is 0 Å². The number of H-pyrrole nitrogens is 1. The second-order valence-electron chi connectivity index (χ2n) is 6.94. The number of fused-ring (bicyclic) bond motifs is 1. The van der Waals surface area contributed by atoms with E-state index >= 15 is 0 Å². The highest BCUT2D eigenvalue weighted by Gasteiger charge is 2.25. The van der Waals surface area contributed by atoms with Crippen LogP contribution >= 0.6 is 11.3 Å². The van der Waals surface area contributed by atoms with Crippen LogP contribution in [0, 0.1) is 12.7 Å². The maximum Gasteiger partial charge on any atom is 0.273 e. The van der Waals surface area contributed by atoms with Crippen molar-refractivity contribution >= 4 is 28.1 Å². The number of nitrogens with one attached hydrogen (secondary N) is 2. The Kier molecular flexibility index (Phi) is 5.56. The van der Waals surface area contributed by atoms with Gasteiger partial charge in [0, 0.05) is 49.0 Å². The monoisotopic (exact) mass is 424 g/mol. The highest BCUT2D eigenvalue weighted by Crippen LogP contribution is 2.38. The average molecular weight is 425 g/mol. The van der Waals surface area contributed by atoms with Crippen LogP contribution in [0.4, 0.5) is 4.39 Å². The summed E-state index contributed by atoms with van der Waals surface area (Å²) in [6, 6.07) is 6.83. The molecule has 3 aromatic heterocycles. The molecule has 154 valence electrons. The Hall–Kier alpha value is -3.17. The summed E-state index contributed by atoms with van der Waals surface area (Å²) in [4.78, 5) is 24.3. The number of hydrogen-bond donors (Lipinski definition) is 2. The van der Waals surface area contributed by atoms with Crippen LogP contribution in [0.3, 0.4) is 0 Å². The molecule has 2 N–H and O–H groups in total. The van der Waals surface area contributed by atoms with Crippen LogP contribution in [-0.4, -0.2) is 58.2 Å². The molecule has 30 heavy (non-hydrogen) atoms. The van der Waals surface area contributed by atoms with Gasteiger partial charge in [0.1, 0.15) is 22.2 Å². The molecule has 4 rings (SSSR count). The first-order valence-corrected chi connectivity index (χ1v) is 10.3. The molecule has 0 unspecified atom stereocenters. The Bertz CT molecular complexity index is 1200. The summed E-state index contributed by atoms with van der Waals surface area (Å²) in [5.74, 6) is -0.469. The van der Waals surface area contributed by atoms with Gasteiger partial charge in [0.05, 0.1) is 10.4 Å². The lowest BCUT2D eigenvalue weighted by Crippen LogP contribution is -2.33. The maximum atomic E-state index is 13.9. The van der Waals surface area contributed by atoms with Gasteiger partial charge in [0.25, 0.3) is 5.91 Å². The summed E-state index contributed by atoms with van der Waals surface area (Å²) >= 11 is 1.37. The lowest BCUT2D eigenvalue weighted by molar-refractivity contribution is 0.0792. The number of likely N-dealkylation sites (N-methyl/N-ethyl adjacent to an activating group) is 2. The van der Waals surface area contributed by atoms with Crippen LogP contribution in [0.1, 0.15) is 16.1 Å². The molecule has 0 fully saturated rings. The highest BCUT2D eigenvalue weighted by atomic mass is 32.1. The van der Waals surface area contributed by atoms with E-state index in [-0.39, 0.29) is 11.7 Å². The van der Waals surface area contributed by atoms with Crippen molar-refractivity contribution in [1.29, 1.82) is 0 Å². The van der Waals surface area contributed by atoms with Gasteiger partial charge in [-0.2, -0.15) is 5.10 Å². The Morgan fingerprint density at radius 3 is 2.90 bits per heavy atom. The zero-order chi connectivity index (χ0) is 21.3. The molecule has 4 aromatic rings. The Balaban J connectivity index is 1.84. The van der Waals surface area contributed by atoms with Crippen molar-refractivity contribution in [2.24, 2.45) is 0 Å². The summed E-state index contributed by atoms with van der Waals surface area (Å²) in [5, 5.41) is 11.7. The molecule has 0 aliphatic carbocycles. The van der Waals surface area contributed by atoms with Crippen LogP contribution < -0.4 is 5.32 Å². The molecule has 0 aliphatic heterocycles. The first-order valence-electron chi connectivity index (χ1n) is 9.46. The quantitative estimate of drug-likeness (QED) is 0.495. The molecule has 9 heteroatoms. The van der Waals surface area contributed by atoms with Crippen LogP contribution in [0.5, 0.6) is 0 Å². The fraction of sp³-hybridized carbons (Fsp3) is 0.238. The van der Waals surface area contributed by atoms with Gasteiger partial charge in [-0.25, -0.2) is 9.37 Å². The Morgan fingerprint density at radius 2 is 2.17 bits per heavy atom. The molecule has 7 nitrogen and oxygen atoms in total. The van der Waals surface area contributed by atoms with Crippen molar-refractivity contribution in [2.45, 2.75) is 6.92 Å². The van der Waals surface area contributed by atoms with Gasteiger partial charge in [0.15, 0.2) is 0 Å². The summed E-state index contributed by atoms with van der Waals surface area (Å²) in [6.07, 6.45) is 3.40. The number of carbonyl (C=O) groups excluding carboxylic acids is 1. The van der Waals surface area contributed by atoms with E-state index in [1.54, 1.807) is 37.3 Å². The number of aromatic nitrogens is 4. The normalized spacial score (nSPS) is 11.2. The van der Waals surface area contributed by atoms with E-state index in [9.17, 15) is 9.18 Å². The number of aromatic amines is 1. The third-order valence-corrected chi connectivity index (χ3v) is 6.04. The number of carbonyl (C=O) groups is 1. The summed E-state index contributed by atoms with van der Waals surface area (Å²) in [7, 11) is 3.59. The number of pyridine rings is 1. The van der Waals surface area contributed by atoms with Crippen LogP contribution in [0.2, 0.25) is 0 Å². The minimum Gasteiger partial charge on any atom is -0.339 e. The lowest BCUT2D eigenvalue weighted by atomic mass is 10.1. The van der Waals surface area contributed by atoms with E-state index in [1.165, 1.54) is 17.4 Å². The fourth-order valence-electron chi connectivity index (χ4n) is 3.18. The third-order valence-electron chi connectivity index (χ3n) is 4.93. The number of thiazole rings is 1. The van der Waals surface area contributed by atoms with Crippen LogP contribution in [0.15, 0.2) is 36.7 Å².